The highest BCUT2D eigenvalue weighted by molar-refractivity contribution is 5.76. The Morgan fingerprint density at radius 3 is 2.96 bits per heavy atom. The molecular weight excluding hydrogens is 326 g/mol. The SMILES string of the molecule is N#CC[C@@H](c1cccc(C#N)c1)n1cc(-c2ncc3cc[nH]c3n2)cn1. The Morgan fingerprint density at radius 1 is 1.19 bits per heavy atom. The van der Waals surface area contributed by atoms with E-state index in [1.54, 1.807) is 29.2 Å². The van der Waals surface area contributed by atoms with Crippen molar-refractivity contribution < 1.29 is 0 Å². The molecule has 3 aromatic heterocycles. The standard InChI is InChI=1S/C19H13N7/c20-6-4-17(14-3-1-2-13(8-14)9-21)26-12-16(11-24-26)19-23-10-15-5-7-22-18(15)25-19/h1-3,5,7-8,10-12,17H,4H2,(H,22,23,25)/t17-/m0/s1. The third-order valence-corrected chi connectivity index (χ3v) is 4.16. The lowest BCUT2D eigenvalue weighted by Crippen LogP contribution is -2.10. The van der Waals surface area contributed by atoms with Gasteiger partial charge in [-0.3, -0.25) is 4.68 Å². The molecule has 1 N–H and O–H groups in total. The summed E-state index contributed by atoms with van der Waals surface area (Å²) in [4.78, 5) is 11.9. The number of H-pyrrole nitrogens is 1. The molecule has 0 aliphatic heterocycles. The molecule has 4 rings (SSSR count). The molecule has 0 saturated carbocycles. The molecule has 0 spiro atoms. The summed E-state index contributed by atoms with van der Waals surface area (Å²) in [5.41, 5.74) is 2.94. The number of nitriles is 2. The molecule has 124 valence electrons. The van der Waals surface area contributed by atoms with Crippen molar-refractivity contribution in [2.75, 3.05) is 0 Å². The number of aromatic amines is 1. The maximum atomic E-state index is 9.22. The van der Waals surface area contributed by atoms with Crippen LogP contribution in [0.4, 0.5) is 0 Å². The molecule has 7 nitrogen and oxygen atoms in total. The summed E-state index contributed by atoms with van der Waals surface area (Å²) in [6, 6.07) is 13.2. The van der Waals surface area contributed by atoms with Gasteiger partial charge in [0, 0.05) is 24.0 Å². The zero-order valence-corrected chi connectivity index (χ0v) is 13.7. The van der Waals surface area contributed by atoms with E-state index in [1.807, 2.05) is 30.6 Å². The van der Waals surface area contributed by atoms with E-state index in [0.29, 0.717) is 11.4 Å². The van der Waals surface area contributed by atoms with Crippen molar-refractivity contribution in [1.82, 2.24) is 24.7 Å². The molecule has 0 radical (unpaired) electrons. The minimum absolute atomic E-state index is 0.243. The van der Waals surface area contributed by atoms with Gasteiger partial charge in [0.25, 0.3) is 0 Å². The zero-order chi connectivity index (χ0) is 17.9. The van der Waals surface area contributed by atoms with Crippen LogP contribution < -0.4 is 0 Å². The van der Waals surface area contributed by atoms with Gasteiger partial charge in [0.1, 0.15) is 5.65 Å². The summed E-state index contributed by atoms with van der Waals surface area (Å²) in [5, 5.41) is 23.7. The second-order valence-corrected chi connectivity index (χ2v) is 5.80. The number of hydrogen-bond acceptors (Lipinski definition) is 5. The number of nitrogens with one attached hydrogen (secondary N) is 1. The van der Waals surface area contributed by atoms with Gasteiger partial charge in [0.05, 0.1) is 41.9 Å². The molecule has 0 saturated heterocycles. The van der Waals surface area contributed by atoms with Crippen LogP contribution in [0.15, 0.2) is 55.1 Å². The quantitative estimate of drug-likeness (QED) is 0.614. The van der Waals surface area contributed by atoms with E-state index in [0.717, 1.165) is 22.2 Å². The predicted octanol–water partition coefficient (Wildman–Crippen LogP) is 3.20. The van der Waals surface area contributed by atoms with Crippen molar-refractivity contribution in [3.05, 3.63) is 66.2 Å². The van der Waals surface area contributed by atoms with Crippen molar-refractivity contribution in [3.8, 4) is 23.5 Å². The molecule has 4 aromatic rings. The van der Waals surface area contributed by atoms with Crippen LogP contribution in [0.5, 0.6) is 0 Å². The topological polar surface area (TPSA) is 107 Å². The van der Waals surface area contributed by atoms with Crippen molar-refractivity contribution in [1.29, 1.82) is 10.5 Å². The fourth-order valence-corrected chi connectivity index (χ4v) is 2.87. The first-order chi connectivity index (χ1) is 12.8. The second-order valence-electron chi connectivity index (χ2n) is 5.80. The van der Waals surface area contributed by atoms with E-state index < -0.39 is 0 Å². The van der Waals surface area contributed by atoms with Gasteiger partial charge < -0.3 is 4.98 Å². The minimum Gasteiger partial charge on any atom is -0.346 e. The monoisotopic (exact) mass is 339 g/mol. The summed E-state index contributed by atoms with van der Waals surface area (Å²) in [6.07, 6.45) is 7.33. The van der Waals surface area contributed by atoms with E-state index in [4.69, 9.17) is 5.26 Å². The van der Waals surface area contributed by atoms with Crippen LogP contribution in [0, 0.1) is 22.7 Å². The Labute approximate surface area is 149 Å². The Hall–Kier alpha value is -3.97. The van der Waals surface area contributed by atoms with Gasteiger partial charge in [0.2, 0.25) is 0 Å². The normalized spacial score (nSPS) is 11.8. The first kappa shape index (κ1) is 15.6. The van der Waals surface area contributed by atoms with Crippen molar-refractivity contribution in [2.24, 2.45) is 0 Å². The summed E-state index contributed by atoms with van der Waals surface area (Å²) < 4.78 is 1.72. The molecule has 26 heavy (non-hydrogen) atoms. The third-order valence-electron chi connectivity index (χ3n) is 4.16. The molecule has 0 aliphatic carbocycles. The average Bonchev–Trinajstić information content (AvgIpc) is 3.34. The maximum absolute atomic E-state index is 9.22. The highest BCUT2D eigenvalue weighted by Crippen LogP contribution is 2.25. The Kier molecular flexibility index (Phi) is 3.89. The Morgan fingerprint density at radius 2 is 2.12 bits per heavy atom. The molecule has 0 amide bonds. The molecule has 0 fully saturated rings. The molecule has 0 unspecified atom stereocenters. The number of fused-ring (bicyclic) bond motifs is 1. The van der Waals surface area contributed by atoms with Gasteiger partial charge in [-0.15, -0.1) is 0 Å². The fourth-order valence-electron chi connectivity index (χ4n) is 2.87. The molecule has 0 bridgehead atoms. The van der Waals surface area contributed by atoms with E-state index in [9.17, 15) is 5.26 Å². The first-order valence-electron chi connectivity index (χ1n) is 8.00. The van der Waals surface area contributed by atoms with Crippen LogP contribution in [-0.4, -0.2) is 24.7 Å². The summed E-state index contributed by atoms with van der Waals surface area (Å²) >= 11 is 0. The van der Waals surface area contributed by atoms with Crippen LogP contribution in [0.2, 0.25) is 0 Å². The van der Waals surface area contributed by atoms with Crippen molar-refractivity contribution in [2.45, 2.75) is 12.5 Å². The third kappa shape index (κ3) is 2.79. The molecule has 1 aromatic carbocycles. The molecule has 7 heteroatoms. The summed E-state index contributed by atoms with van der Waals surface area (Å²) in [7, 11) is 0. The highest BCUT2D eigenvalue weighted by atomic mass is 15.3. The fraction of sp³-hybridized carbons (Fsp3) is 0.105. The van der Waals surface area contributed by atoms with E-state index in [2.05, 4.69) is 32.2 Å². The maximum Gasteiger partial charge on any atom is 0.164 e. The van der Waals surface area contributed by atoms with E-state index in [-0.39, 0.29) is 12.5 Å². The number of aromatic nitrogens is 5. The van der Waals surface area contributed by atoms with Crippen molar-refractivity contribution in [3.63, 3.8) is 0 Å². The molecule has 1 atom stereocenters. The van der Waals surface area contributed by atoms with Gasteiger partial charge in [0.15, 0.2) is 5.82 Å². The average molecular weight is 339 g/mol. The predicted molar refractivity (Wildman–Crippen MR) is 94.6 cm³/mol. The molecule has 0 aliphatic rings. The van der Waals surface area contributed by atoms with Crippen LogP contribution in [-0.2, 0) is 0 Å². The van der Waals surface area contributed by atoms with Crippen LogP contribution >= 0.6 is 0 Å². The Bertz CT molecular complexity index is 1160. The summed E-state index contributed by atoms with van der Waals surface area (Å²) in [6.45, 7) is 0. The van der Waals surface area contributed by atoms with Gasteiger partial charge in [-0.1, -0.05) is 12.1 Å². The smallest absolute Gasteiger partial charge is 0.164 e. The number of rotatable bonds is 4. The number of hydrogen-bond donors (Lipinski definition) is 1. The largest absolute Gasteiger partial charge is 0.346 e. The lowest BCUT2D eigenvalue weighted by Gasteiger charge is -2.15. The second kappa shape index (κ2) is 6.50. The van der Waals surface area contributed by atoms with E-state index in [1.165, 1.54) is 0 Å². The zero-order valence-electron chi connectivity index (χ0n) is 13.7. The number of benzene rings is 1. The van der Waals surface area contributed by atoms with Gasteiger partial charge >= 0.3 is 0 Å². The lowest BCUT2D eigenvalue weighted by atomic mass is 10.0. The lowest BCUT2D eigenvalue weighted by molar-refractivity contribution is 0.532. The van der Waals surface area contributed by atoms with Crippen molar-refractivity contribution >= 4 is 11.0 Å². The van der Waals surface area contributed by atoms with Crippen LogP contribution in [0.25, 0.3) is 22.4 Å². The van der Waals surface area contributed by atoms with Crippen LogP contribution in [0.1, 0.15) is 23.6 Å². The minimum atomic E-state index is -0.281. The molecule has 3 heterocycles. The number of nitrogens with zero attached hydrogens (tertiary/aromatic N) is 6. The summed E-state index contributed by atoms with van der Waals surface area (Å²) in [5.74, 6) is 0.563. The first-order valence-corrected chi connectivity index (χ1v) is 8.00. The van der Waals surface area contributed by atoms with Crippen LogP contribution in [0.3, 0.4) is 0 Å². The van der Waals surface area contributed by atoms with E-state index >= 15 is 0 Å². The Balaban J connectivity index is 1.72. The highest BCUT2D eigenvalue weighted by Gasteiger charge is 2.17. The van der Waals surface area contributed by atoms with Gasteiger partial charge in [-0.05, 0) is 23.8 Å². The molecular formula is C19H13N7. The van der Waals surface area contributed by atoms with Gasteiger partial charge in [-0.25, -0.2) is 9.97 Å². The van der Waals surface area contributed by atoms with Gasteiger partial charge in [-0.2, -0.15) is 15.6 Å².